The fraction of sp³-hybridized carbons (Fsp3) is 0.690. The molecule has 0 bridgehead atoms. The van der Waals surface area contributed by atoms with Gasteiger partial charge in [-0.1, -0.05) is 104 Å². The molecular formula is C29H47N3. The number of rotatable bonds is 19. The Morgan fingerprint density at radius 1 is 0.500 bits per heavy atom. The molecule has 0 saturated carbocycles. The summed E-state index contributed by atoms with van der Waals surface area (Å²) >= 11 is 0. The first-order valence-electron chi connectivity index (χ1n) is 13.6. The predicted octanol–water partition coefficient (Wildman–Crippen LogP) is 8.91. The van der Waals surface area contributed by atoms with Gasteiger partial charge in [-0.05, 0) is 43.4 Å². The third kappa shape index (κ3) is 11.7. The maximum absolute atomic E-state index is 4.65. The van der Waals surface area contributed by atoms with E-state index in [2.05, 4.69) is 40.9 Å². The molecule has 0 N–H and O–H groups in total. The van der Waals surface area contributed by atoms with Crippen LogP contribution in [-0.4, -0.2) is 15.0 Å². The molecule has 178 valence electrons. The van der Waals surface area contributed by atoms with Crippen LogP contribution in [0.25, 0.3) is 11.4 Å². The minimum Gasteiger partial charge on any atom is -0.261 e. The number of aromatic nitrogens is 3. The number of hydrogen-bond acceptors (Lipinski definition) is 3. The third-order valence-electron chi connectivity index (χ3n) is 6.39. The molecule has 0 spiro atoms. The lowest BCUT2D eigenvalue weighted by molar-refractivity contribution is 0.574. The highest BCUT2D eigenvalue weighted by atomic mass is 14.9. The van der Waals surface area contributed by atoms with Crippen molar-refractivity contribution in [2.24, 2.45) is 0 Å². The number of aryl methyl sites for hydroxylation is 2. The van der Waals surface area contributed by atoms with Crippen LogP contribution in [0.3, 0.4) is 0 Å². The molecule has 0 unspecified atom stereocenters. The summed E-state index contributed by atoms with van der Waals surface area (Å²) in [5, 5.41) is 0. The Labute approximate surface area is 197 Å². The summed E-state index contributed by atoms with van der Waals surface area (Å²) in [7, 11) is 0. The van der Waals surface area contributed by atoms with Crippen LogP contribution < -0.4 is 0 Å². The van der Waals surface area contributed by atoms with Crippen LogP contribution in [0, 0.1) is 0 Å². The number of nitrogens with zero attached hydrogens (tertiary/aromatic N) is 3. The molecule has 0 amide bonds. The van der Waals surface area contributed by atoms with Gasteiger partial charge in [0.05, 0.1) is 0 Å². The van der Waals surface area contributed by atoms with Gasteiger partial charge in [0.2, 0.25) is 0 Å². The van der Waals surface area contributed by atoms with Crippen LogP contribution >= 0.6 is 0 Å². The van der Waals surface area contributed by atoms with Gasteiger partial charge in [-0.3, -0.25) is 4.98 Å². The molecule has 2 aromatic heterocycles. The van der Waals surface area contributed by atoms with Crippen LogP contribution in [0.5, 0.6) is 0 Å². The maximum Gasteiger partial charge on any atom is 0.160 e. The van der Waals surface area contributed by atoms with Gasteiger partial charge < -0.3 is 0 Å². The van der Waals surface area contributed by atoms with E-state index in [1.165, 1.54) is 114 Å². The van der Waals surface area contributed by atoms with Crippen LogP contribution in [0.4, 0.5) is 0 Å². The van der Waals surface area contributed by atoms with Crippen LogP contribution in [0.2, 0.25) is 0 Å². The number of hydrogen-bond donors (Lipinski definition) is 0. The number of unbranched alkanes of at least 4 members (excludes halogenated alkanes) is 14. The summed E-state index contributed by atoms with van der Waals surface area (Å²) in [5.41, 5.74) is 3.45. The van der Waals surface area contributed by atoms with E-state index in [-0.39, 0.29) is 0 Å². The van der Waals surface area contributed by atoms with E-state index in [0.717, 1.165) is 24.2 Å². The van der Waals surface area contributed by atoms with Crippen molar-refractivity contribution >= 4 is 0 Å². The SMILES string of the molecule is CCCCCCCCCCc1cnc(-c2ccc(CCCCCCCCCC)nc2)nc1. The summed E-state index contributed by atoms with van der Waals surface area (Å²) in [6.07, 6.45) is 29.8. The summed E-state index contributed by atoms with van der Waals surface area (Å²) in [4.78, 5) is 13.8. The molecule has 0 radical (unpaired) electrons. The molecule has 0 fully saturated rings. The molecule has 3 heteroatoms. The lowest BCUT2D eigenvalue weighted by Crippen LogP contribution is -1.95. The zero-order valence-electron chi connectivity index (χ0n) is 21.0. The van der Waals surface area contributed by atoms with Crippen molar-refractivity contribution in [3.05, 3.63) is 42.0 Å². The Morgan fingerprint density at radius 3 is 1.50 bits per heavy atom. The molecule has 0 atom stereocenters. The van der Waals surface area contributed by atoms with Crippen molar-refractivity contribution in [1.82, 2.24) is 15.0 Å². The topological polar surface area (TPSA) is 38.7 Å². The predicted molar refractivity (Wildman–Crippen MR) is 138 cm³/mol. The highest BCUT2D eigenvalue weighted by Gasteiger charge is 2.04. The molecule has 0 aliphatic carbocycles. The van der Waals surface area contributed by atoms with Crippen LogP contribution in [-0.2, 0) is 12.8 Å². The van der Waals surface area contributed by atoms with Crippen molar-refractivity contribution in [2.45, 2.75) is 129 Å². The normalized spacial score (nSPS) is 11.2. The van der Waals surface area contributed by atoms with Crippen LogP contribution in [0.15, 0.2) is 30.7 Å². The molecule has 2 heterocycles. The molecule has 0 aliphatic rings. The standard InChI is InChI=1S/C29H47N3/c1-3-5-7-9-11-13-15-17-19-26-23-31-29(32-24-26)27-21-22-28(30-25-27)20-18-16-14-12-10-8-6-4-2/h21-25H,3-20H2,1-2H3. The zero-order valence-corrected chi connectivity index (χ0v) is 21.0. The first-order valence-corrected chi connectivity index (χ1v) is 13.6. The summed E-state index contributed by atoms with van der Waals surface area (Å²) in [5.74, 6) is 0.788. The molecule has 0 saturated heterocycles. The van der Waals surface area contributed by atoms with Crippen molar-refractivity contribution in [3.8, 4) is 11.4 Å². The van der Waals surface area contributed by atoms with Crippen molar-refractivity contribution in [3.63, 3.8) is 0 Å². The average Bonchev–Trinajstić information content (AvgIpc) is 2.83. The molecule has 0 aromatic carbocycles. The van der Waals surface area contributed by atoms with Crippen LogP contribution in [0.1, 0.15) is 128 Å². The maximum atomic E-state index is 4.65. The lowest BCUT2D eigenvalue weighted by atomic mass is 10.1. The molecular weight excluding hydrogens is 390 g/mol. The average molecular weight is 438 g/mol. The second-order valence-electron chi connectivity index (χ2n) is 9.40. The molecule has 3 nitrogen and oxygen atoms in total. The van der Waals surface area contributed by atoms with E-state index in [4.69, 9.17) is 0 Å². The first kappa shape index (κ1) is 26.5. The van der Waals surface area contributed by atoms with Gasteiger partial charge in [0.15, 0.2) is 5.82 Å². The van der Waals surface area contributed by atoms with Crippen molar-refractivity contribution in [2.75, 3.05) is 0 Å². The largest absolute Gasteiger partial charge is 0.261 e. The van der Waals surface area contributed by atoms with Gasteiger partial charge in [0.1, 0.15) is 0 Å². The van der Waals surface area contributed by atoms with Gasteiger partial charge in [0, 0.05) is 29.8 Å². The monoisotopic (exact) mass is 437 g/mol. The molecule has 0 aliphatic heterocycles. The Morgan fingerprint density at radius 2 is 1.00 bits per heavy atom. The molecule has 2 rings (SSSR count). The van der Waals surface area contributed by atoms with Gasteiger partial charge in [0.25, 0.3) is 0 Å². The van der Waals surface area contributed by atoms with Gasteiger partial charge in [-0.25, -0.2) is 9.97 Å². The zero-order chi connectivity index (χ0) is 22.7. The molecule has 2 aromatic rings. The van der Waals surface area contributed by atoms with E-state index in [1.807, 2.05) is 18.6 Å². The lowest BCUT2D eigenvalue weighted by Gasteiger charge is -2.05. The van der Waals surface area contributed by atoms with Crippen molar-refractivity contribution in [1.29, 1.82) is 0 Å². The van der Waals surface area contributed by atoms with Crippen molar-refractivity contribution < 1.29 is 0 Å². The van der Waals surface area contributed by atoms with Gasteiger partial charge >= 0.3 is 0 Å². The van der Waals surface area contributed by atoms with Gasteiger partial charge in [-0.2, -0.15) is 0 Å². The highest BCUT2D eigenvalue weighted by Crippen LogP contribution is 2.16. The second kappa shape index (κ2) is 17.7. The summed E-state index contributed by atoms with van der Waals surface area (Å²) in [6.45, 7) is 4.55. The summed E-state index contributed by atoms with van der Waals surface area (Å²) < 4.78 is 0. The van der Waals surface area contributed by atoms with E-state index in [0.29, 0.717) is 0 Å². The smallest absolute Gasteiger partial charge is 0.160 e. The quantitative estimate of drug-likeness (QED) is 0.206. The van der Waals surface area contributed by atoms with E-state index >= 15 is 0 Å². The minimum atomic E-state index is 0.788. The van der Waals surface area contributed by atoms with E-state index in [1.54, 1.807) is 0 Å². The first-order chi connectivity index (χ1) is 15.8. The van der Waals surface area contributed by atoms with Gasteiger partial charge in [-0.15, -0.1) is 0 Å². The Kier molecular flexibility index (Phi) is 14.7. The second-order valence-corrected chi connectivity index (χ2v) is 9.40. The molecule has 32 heavy (non-hydrogen) atoms. The number of pyridine rings is 1. The third-order valence-corrected chi connectivity index (χ3v) is 6.39. The highest BCUT2D eigenvalue weighted by molar-refractivity contribution is 5.53. The fourth-order valence-electron chi connectivity index (χ4n) is 4.24. The minimum absolute atomic E-state index is 0.788. The van der Waals surface area contributed by atoms with E-state index < -0.39 is 0 Å². The fourth-order valence-corrected chi connectivity index (χ4v) is 4.24. The Hall–Kier alpha value is -1.77. The summed E-state index contributed by atoms with van der Waals surface area (Å²) in [6, 6.07) is 4.27. The Balaban J connectivity index is 1.61. The van der Waals surface area contributed by atoms with E-state index in [9.17, 15) is 0 Å². The Bertz CT molecular complexity index is 617.